The number of aromatic nitrogens is 1. The van der Waals surface area contributed by atoms with Crippen LogP contribution in [0.3, 0.4) is 0 Å². The fourth-order valence-electron chi connectivity index (χ4n) is 2.83. The molecule has 1 amide bonds. The van der Waals surface area contributed by atoms with Crippen LogP contribution in [0.1, 0.15) is 36.0 Å². The maximum absolute atomic E-state index is 12.9. The third kappa shape index (κ3) is 4.18. The largest absolute Gasteiger partial charge is 0.326 e. The normalized spacial score (nSPS) is 12.9. The number of anilines is 1. The first-order chi connectivity index (χ1) is 12.7. The number of aryl methyl sites for hydroxylation is 2. The van der Waals surface area contributed by atoms with Crippen molar-refractivity contribution in [2.75, 3.05) is 5.32 Å². The summed E-state index contributed by atoms with van der Waals surface area (Å²) in [6, 6.07) is 10.5. The van der Waals surface area contributed by atoms with E-state index in [1.165, 1.54) is 18.3 Å². The van der Waals surface area contributed by atoms with Crippen LogP contribution in [0.25, 0.3) is 10.2 Å². The Morgan fingerprint density at radius 3 is 2.52 bits per heavy atom. The highest BCUT2D eigenvalue weighted by molar-refractivity contribution is 7.89. The number of amides is 1. The summed E-state index contributed by atoms with van der Waals surface area (Å²) >= 11 is 1.47. The second kappa shape index (κ2) is 7.38. The summed E-state index contributed by atoms with van der Waals surface area (Å²) in [6.07, 6.45) is 0. The van der Waals surface area contributed by atoms with Gasteiger partial charge in [-0.25, -0.2) is 18.1 Å². The average Bonchev–Trinajstić information content (AvgIpc) is 3.01. The van der Waals surface area contributed by atoms with Gasteiger partial charge >= 0.3 is 0 Å². The number of benzene rings is 2. The third-order valence-corrected chi connectivity index (χ3v) is 7.04. The molecule has 2 aromatic carbocycles. The summed E-state index contributed by atoms with van der Waals surface area (Å²) in [5.41, 5.74) is 2.71. The van der Waals surface area contributed by atoms with Crippen molar-refractivity contribution >= 4 is 43.2 Å². The maximum atomic E-state index is 12.9. The van der Waals surface area contributed by atoms with E-state index in [1.807, 2.05) is 24.3 Å². The number of thiazole rings is 1. The Kier molecular flexibility index (Phi) is 5.32. The van der Waals surface area contributed by atoms with E-state index in [0.717, 1.165) is 10.2 Å². The van der Waals surface area contributed by atoms with Crippen LogP contribution in [0.15, 0.2) is 41.3 Å². The van der Waals surface area contributed by atoms with Gasteiger partial charge in [0.2, 0.25) is 15.9 Å². The molecular weight excluding hydrogens is 382 g/mol. The summed E-state index contributed by atoms with van der Waals surface area (Å²) in [4.78, 5) is 16.0. The van der Waals surface area contributed by atoms with E-state index in [4.69, 9.17) is 0 Å². The highest BCUT2D eigenvalue weighted by Crippen LogP contribution is 2.29. The molecule has 1 heterocycles. The zero-order chi connectivity index (χ0) is 19.8. The first kappa shape index (κ1) is 19.5. The minimum Gasteiger partial charge on any atom is -0.326 e. The van der Waals surface area contributed by atoms with Gasteiger partial charge in [-0.2, -0.15) is 0 Å². The van der Waals surface area contributed by atoms with E-state index in [2.05, 4.69) is 15.0 Å². The van der Waals surface area contributed by atoms with E-state index in [0.29, 0.717) is 21.8 Å². The van der Waals surface area contributed by atoms with Gasteiger partial charge in [-0.1, -0.05) is 12.1 Å². The summed E-state index contributed by atoms with van der Waals surface area (Å²) in [5, 5.41) is 3.42. The van der Waals surface area contributed by atoms with Crippen molar-refractivity contribution < 1.29 is 13.2 Å². The Labute approximate surface area is 162 Å². The quantitative estimate of drug-likeness (QED) is 0.676. The van der Waals surface area contributed by atoms with Gasteiger partial charge in [-0.3, -0.25) is 4.79 Å². The molecule has 6 nitrogen and oxygen atoms in total. The molecule has 1 unspecified atom stereocenters. The molecule has 0 bridgehead atoms. The number of hydrogen-bond acceptors (Lipinski definition) is 5. The van der Waals surface area contributed by atoms with Crippen molar-refractivity contribution in [2.45, 2.75) is 38.6 Å². The molecule has 0 fully saturated rings. The highest BCUT2D eigenvalue weighted by atomic mass is 32.2. The lowest BCUT2D eigenvalue weighted by atomic mass is 10.1. The molecule has 0 aliphatic heterocycles. The maximum Gasteiger partial charge on any atom is 0.241 e. The molecule has 3 rings (SSSR count). The molecule has 0 aliphatic rings. The molecule has 27 heavy (non-hydrogen) atoms. The Morgan fingerprint density at radius 1 is 1.15 bits per heavy atom. The topological polar surface area (TPSA) is 88.2 Å². The van der Waals surface area contributed by atoms with Crippen LogP contribution in [-0.4, -0.2) is 19.3 Å². The minimum atomic E-state index is -3.74. The van der Waals surface area contributed by atoms with Crippen LogP contribution in [0, 0.1) is 13.8 Å². The van der Waals surface area contributed by atoms with E-state index < -0.39 is 16.1 Å². The van der Waals surface area contributed by atoms with Gasteiger partial charge in [0.25, 0.3) is 0 Å². The van der Waals surface area contributed by atoms with Crippen molar-refractivity contribution in [3.05, 3.63) is 52.5 Å². The molecule has 0 saturated heterocycles. The Hall–Kier alpha value is -2.29. The van der Waals surface area contributed by atoms with Crippen molar-refractivity contribution in [1.82, 2.24) is 9.71 Å². The van der Waals surface area contributed by atoms with Crippen LogP contribution < -0.4 is 10.0 Å². The molecule has 1 atom stereocenters. The van der Waals surface area contributed by atoms with Gasteiger partial charge in [0, 0.05) is 12.6 Å². The first-order valence-corrected chi connectivity index (χ1v) is 10.7. The van der Waals surface area contributed by atoms with Crippen molar-refractivity contribution in [1.29, 1.82) is 0 Å². The zero-order valence-electron chi connectivity index (χ0n) is 15.5. The Bertz CT molecular complexity index is 1090. The number of rotatable bonds is 5. The van der Waals surface area contributed by atoms with Crippen LogP contribution in [-0.2, 0) is 14.8 Å². The Balaban J connectivity index is 1.89. The lowest BCUT2D eigenvalue weighted by molar-refractivity contribution is -0.114. The van der Waals surface area contributed by atoms with E-state index in [9.17, 15) is 13.2 Å². The fraction of sp³-hybridized carbons (Fsp3) is 0.263. The first-order valence-electron chi connectivity index (χ1n) is 8.44. The van der Waals surface area contributed by atoms with E-state index in [1.54, 1.807) is 32.9 Å². The number of nitrogens with zero attached hydrogens (tertiary/aromatic N) is 1. The van der Waals surface area contributed by atoms with Crippen LogP contribution in [0.5, 0.6) is 0 Å². The number of carbonyl (C=O) groups is 1. The van der Waals surface area contributed by atoms with Crippen LogP contribution >= 0.6 is 11.3 Å². The molecule has 0 saturated carbocycles. The molecule has 1 aromatic heterocycles. The second-order valence-corrected chi connectivity index (χ2v) is 9.22. The molecule has 0 spiro atoms. The number of sulfonamides is 1. The minimum absolute atomic E-state index is 0.196. The SMILES string of the molecule is CC(=O)Nc1cc(C)c(S(=O)(=O)NC(C)c2nc3ccccc3s2)cc1C. The summed E-state index contributed by atoms with van der Waals surface area (Å²) in [7, 11) is -3.74. The number of carbonyl (C=O) groups excluding carboxylic acids is 1. The fourth-order valence-corrected chi connectivity index (χ4v) is 5.39. The molecule has 8 heteroatoms. The zero-order valence-corrected chi connectivity index (χ0v) is 17.2. The molecular formula is C19H21N3O3S2. The van der Waals surface area contributed by atoms with Gasteiger partial charge in [0.15, 0.2) is 0 Å². The second-order valence-electron chi connectivity index (χ2n) is 6.48. The van der Waals surface area contributed by atoms with Gasteiger partial charge < -0.3 is 5.32 Å². The number of nitrogens with one attached hydrogen (secondary N) is 2. The Morgan fingerprint density at radius 2 is 1.85 bits per heavy atom. The van der Waals surface area contributed by atoms with E-state index in [-0.39, 0.29) is 10.8 Å². The molecule has 0 aliphatic carbocycles. The van der Waals surface area contributed by atoms with Crippen molar-refractivity contribution in [3.8, 4) is 0 Å². The molecule has 3 aromatic rings. The van der Waals surface area contributed by atoms with Gasteiger partial charge in [-0.05, 0) is 56.2 Å². The number of fused-ring (bicyclic) bond motifs is 1. The van der Waals surface area contributed by atoms with E-state index >= 15 is 0 Å². The average molecular weight is 404 g/mol. The molecule has 0 radical (unpaired) electrons. The summed E-state index contributed by atoms with van der Waals surface area (Å²) in [5.74, 6) is -0.198. The smallest absolute Gasteiger partial charge is 0.241 e. The predicted octanol–water partition coefficient (Wildman–Crippen LogP) is 3.91. The molecule has 2 N–H and O–H groups in total. The number of hydrogen-bond donors (Lipinski definition) is 2. The monoisotopic (exact) mass is 403 g/mol. The van der Waals surface area contributed by atoms with Crippen LogP contribution in [0.2, 0.25) is 0 Å². The highest BCUT2D eigenvalue weighted by Gasteiger charge is 2.23. The van der Waals surface area contributed by atoms with Gasteiger partial charge in [-0.15, -0.1) is 11.3 Å². The van der Waals surface area contributed by atoms with Gasteiger partial charge in [0.05, 0.1) is 21.2 Å². The lowest BCUT2D eigenvalue weighted by Crippen LogP contribution is -2.27. The summed E-state index contributed by atoms with van der Waals surface area (Å²) < 4.78 is 29.6. The predicted molar refractivity (Wildman–Crippen MR) is 109 cm³/mol. The van der Waals surface area contributed by atoms with Crippen molar-refractivity contribution in [2.24, 2.45) is 0 Å². The third-order valence-electron chi connectivity index (χ3n) is 4.13. The van der Waals surface area contributed by atoms with Crippen molar-refractivity contribution in [3.63, 3.8) is 0 Å². The lowest BCUT2D eigenvalue weighted by Gasteiger charge is -2.16. The standard InChI is InChI=1S/C19H21N3O3S2/c1-11-10-18(12(2)9-16(11)20-14(4)23)27(24,25)22-13(3)19-21-15-7-5-6-8-17(15)26-19/h5-10,13,22H,1-4H3,(H,20,23). The molecule has 142 valence electrons. The van der Waals surface area contributed by atoms with Crippen LogP contribution in [0.4, 0.5) is 5.69 Å². The summed E-state index contributed by atoms with van der Waals surface area (Å²) in [6.45, 7) is 6.67. The van der Waals surface area contributed by atoms with Gasteiger partial charge in [0.1, 0.15) is 5.01 Å². The number of para-hydroxylation sites is 1.